The van der Waals surface area contributed by atoms with Crippen molar-refractivity contribution in [1.82, 2.24) is 4.98 Å². The van der Waals surface area contributed by atoms with Crippen LogP contribution in [0, 0.1) is 21.4 Å². The summed E-state index contributed by atoms with van der Waals surface area (Å²) in [5.41, 5.74) is 7.93. The maximum absolute atomic E-state index is 11.0. The molecule has 0 aliphatic heterocycles. The summed E-state index contributed by atoms with van der Waals surface area (Å²) in [5, 5.41) is 21.3. The van der Waals surface area contributed by atoms with Gasteiger partial charge in [0, 0.05) is 28.3 Å². The van der Waals surface area contributed by atoms with Gasteiger partial charge in [0.25, 0.3) is 5.69 Å². The lowest BCUT2D eigenvalue weighted by Crippen LogP contribution is -2.00. The second-order valence-corrected chi connectivity index (χ2v) is 6.20. The van der Waals surface area contributed by atoms with Crippen LogP contribution >= 0.6 is 23.2 Å². The van der Waals surface area contributed by atoms with Crippen molar-refractivity contribution in [3.63, 3.8) is 0 Å². The van der Waals surface area contributed by atoms with Crippen molar-refractivity contribution in [2.45, 2.75) is 0 Å². The van der Waals surface area contributed by atoms with Crippen molar-refractivity contribution in [3.05, 3.63) is 74.3 Å². The Morgan fingerprint density at radius 2 is 1.88 bits per heavy atom. The van der Waals surface area contributed by atoms with Crippen molar-refractivity contribution >= 4 is 34.7 Å². The second-order valence-electron chi connectivity index (χ2n) is 5.36. The minimum atomic E-state index is -0.503. The fourth-order valence-corrected chi connectivity index (χ4v) is 3.04. The van der Waals surface area contributed by atoms with E-state index in [9.17, 15) is 15.4 Å². The lowest BCUT2D eigenvalue weighted by molar-refractivity contribution is -0.384. The highest BCUT2D eigenvalue weighted by molar-refractivity contribution is 6.36. The molecule has 1 heterocycles. The van der Waals surface area contributed by atoms with E-state index in [1.165, 1.54) is 12.1 Å². The molecule has 3 aromatic rings. The van der Waals surface area contributed by atoms with E-state index in [1.807, 2.05) is 6.07 Å². The van der Waals surface area contributed by atoms with Crippen LogP contribution in [-0.4, -0.2) is 9.91 Å². The van der Waals surface area contributed by atoms with E-state index < -0.39 is 4.92 Å². The van der Waals surface area contributed by atoms with E-state index in [2.05, 4.69) is 4.98 Å². The zero-order chi connectivity index (χ0) is 18.8. The number of rotatable bonds is 3. The fraction of sp³-hybridized carbons (Fsp3) is 0. The van der Waals surface area contributed by atoms with Crippen LogP contribution in [0.1, 0.15) is 5.56 Å². The van der Waals surface area contributed by atoms with Gasteiger partial charge in [0.15, 0.2) is 0 Å². The number of non-ortho nitro benzene ring substituents is 1. The molecule has 0 saturated heterocycles. The van der Waals surface area contributed by atoms with Crippen LogP contribution in [0.3, 0.4) is 0 Å². The number of nitrogen functional groups attached to an aromatic ring is 1. The van der Waals surface area contributed by atoms with E-state index in [0.29, 0.717) is 32.4 Å². The third-order valence-corrected chi connectivity index (χ3v) is 4.28. The maximum Gasteiger partial charge on any atom is 0.270 e. The van der Waals surface area contributed by atoms with Gasteiger partial charge in [-0.15, -0.1) is 0 Å². The fourth-order valence-electron chi connectivity index (χ4n) is 2.53. The molecule has 8 heteroatoms. The smallest absolute Gasteiger partial charge is 0.270 e. The summed E-state index contributed by atoms with van der Waals surface area (Å²) in [5.74, 6) is 0.0116. The molecular formula is C18H10Cl2N4O2. The monoisotopic (exact) mass is 384 g/mol. The molecule has 0 atom stereocenters. The third-order valence-electron chi connectivity index (χ3n) is 3.73. The molecule has 0 unspecified atom stereocenters. The zero-order valence-electron chi connectivity index (χ0n) is 13.1. The van der Waals surface area contributed by atoms with Crippen LogP contribution in [-0.2, 0) is 0 Å². The molecule has 3 rings (SSSR count). The van der Waals surface area contributed by atoms with Crippen LogP contribution in [0.15, 0.2) is 48.5 Å². The predicted octanol–water partition coefficient (Wildman–Crippen LogP) is 5.08. The molecular weight excluding hydrogens is 375 g/mol. The molecule has 0 saturated carbocycles. The van der Waals surface area contributed by atoms with E-state index in [0.717, 1.165) is 0 Å². The number of hydrogen-bond acceptors (Lipinski definition) is 5. The number of anilines is 1. The third kappa shape index (κ3) is 3.31. The number of halogens is 2. The van der Waals surface area contributed by atoms with Crippen LogP contribution in [0.4, 0.5) is 11.5 Å². The number of pyridine rings is 1. The molecule has 2 N–H and O–H groups in total. The van der Waals surface area contributed by atoms with Gasteiger partial charge in [0.05, 0.1) is 15.6 Å². The Morgan fingerprint density at radius 3 is 2.54 bits per heavy atom. The van der Waals surface area contributed by atoms with Gasteiger partial charge in [-0.05, 0) is 29.8 Å². The molecule has 2 aromatic carbocycles. The number of nitrogens with two attached hydrogens (primary N) is 1. The van der Waals surface area contributed by atoms with Crippen LogP contribution in [0.25, 0.3) is 22.4 Å². The average molecular weight is 385 g/mol. The van der Waals surface area contributed by atoms with Crippen LogP contribution < -0.4 is 5.73 Å². The van der Waals surface area contributed by atoms with Crippen molar-refractivity contribution < 1.29 is 4.92 Å². The SMILES string of the molecule is N#Cc1c(-c2cccc([N+](=O)[O-])c2)cc(-c2ccc(Cl)cc2Cl)nc1N. The van der Waals surface area contributed by atoms with Gasteiger partial charge < -0.3 is 5.73 Å². The van der Waals surface area contributed by atoms with Gasteiger partial charge in [-0.25, -0.2) is 4.98 Å². The first-order valence-electron chi connectivity index (χ1n) is 7.31. The molecule has 0 aliphatic rings. The number of benzene rings is 2. The Morgan fingerprint density at radius 1 is 1.12 bits per heavy atom. The molecule has 6 nitrogen and oxygen atoms in total. The summed E-state index contributed by atoms with van der Waals surface area (Å²) in [6, 6.07) is 14.5. The minimum absolute atomic E-state index is 0.0116. The summed E-state index contributed by atoms with van der Waals surface area (Å²) in [6.07, 6.45) is 0. The van der Waals surface area contributed by atoms with E-state index in [-0.39, 0.29) is 17.1 Å². The molecule has 0 spiro atoms. The first kappa shape index (κ1) is 17.7. The second kappa shape index (κ2) is 7.00. The highest BCUT2D eigenvalue weighted by Gasteiger charge is 2.17. The van der Waals surface area contributed by atoms with Gasteiger partial charge in [0.1, 0.15) is 17.5 Å². The topological polar surface area (TPSA) is 106 Å². The van der Waals surface area contributed by atoms with Crippen molar-refractivity contribution in [3.8, 4) is 28.5 Å². The Balaban J connectivity index is 2.25. The van der Waals surface area contributed by atoms with Crippen LogP contribution in [0.2, 0.25) is 10.0 Å². The molecule has 0 fully saturated rings. The number of nitrogens with zero attached hydrogens (tertiary/aromatic N) is 3. The summed E-state index contributed by atoms with van der Waals surface area (Å²) in [4.78, 5) is 14.8. The van der Waals surface area contributed by atoms with Gasteiger partial charge in [0.2, 0.25) is 0 Å². The Labute approximate surface area is 158 Å². The van der Waals surface area contributed by atoms with E-state index in [4.69, 9.17) is 28.9 Å². The van der Waals surface area contributed by atoms with Crippen molar-refractivity contribution in [1.29, 1.82) is 5.26 Å². The first-order valence-corrected chi connectivity index (χ1v) is 8.07. The molecule has 0 amide bonds. The number of aromatic nitrogens is 1. The van der Waals surface area contributed by atoms with E-state index >= 15 is 0 Å². The van der Waals surface area contributed by atoms with Gasteiger partial charge >= 0.3 is 0 Å². The normalized spacial score (nSPS) is 10.3. The maximum atomic E-state index is 11.0. The number of nitro benzene ring substituents is 1. The molecule has 1 aromatic heterocycles. The first-order chi connectivity index (χ1) is 12.4. The van der Waals surface area contributed by atoms with Crippen molar-refractivity contribution in [2.75, 3.05) is 5.73 Å². The molecule has 128 valence electrons. The quantitative estimate of drug-likeness (QED) is 0.500. The predicted molar refractivity (Wildman–Crippen MR) is 101 cm³/mol. The number of nitriles is 1. The number of hydrogen-bond donors (Lipinski definition) is 1. The van der Waals surface area contributed by atoms with Gasteiger partial charge in [-0.1, -0.05) is 35.3 Å². The lowest BCUT2D eigenvalue weighted by Gasteiger charge is -2.11. The summed E-state index contributed by atoms with van der Waals surface area (Å²) in [7, 11) is 0. The molecule has 0 bridgehead atoms. The van der Waals surface area contributed by atoms with Gasteiger partial charge in [-0.2, -0.15) is 5.26 Å². The highest BCUT2D eigenvalue weighted by atomic mass is 35.5. The largest absolute Gasteiger partial charge is 0.383 e. The standard InChI is InChI=1S/C18H10Cl2N4O2/c19-11-4-5-13(16(20)7-11)17-8-14(15(9-21)18(22)23-17)10-2-1-3-12(6-10)24(25)26/h1-8H,(H2,22,23). The molecule has 26 heavy (non-hydrogen) atoms. The Kier molecular flexibility index (Phi) is 4.76. The zero-order valence-corrected chi connectivity index (χ0v) is 14.6. The summed E-state index contributed by atoms with van der Waals surface area (Å²) >= 11 is 12.2. The van der Waals surface area contributed by atoms with Gasteiger partial charge in [-0.3, -0.25) is 10.1 Å². The minimum Gasteiger partial charge on any atom is -0.383 e. The average Bonchev–Trinajstić information content (AvgIpc) is 2.61. The Hall–Kier alpha value is -3.14. The Bertz CT molecular complexity index is 1080. The van der Waals surface area contributed by atoms with Crippen molar-refractivity contribution in [2.24, 2.45) is 0 Å². The lowest BCUT2D eigenvalue weighted by atomic mass is 9.98. The summed E-state index contributed by atoms with van der Waals surface area (Å²) in [6.45, 7) is 0. The summed E-state index contributed by atoms with van der Waals surface area (Å²) < 4.78 is 0. The highest BCUT2D eigenvalue weighted by Crippen LogP contribution is 2.35. The number of nitro groups is 1. The van der Waals surface area contributed by atoms with Crippen LogP contribution in [0.5, 0.6) is 0 Å². The molecule has 0 aliphatic carbocycles. The van der Waals surface area contributed by atoms with E-state index in [1.54, 1.807) is 36.4 Å². The molecule has 0 radical (unpaired) electrons.